The van der Waals surface area contributed by atoms with Gasteiger partial charge in [-0.05, 0) is 46.5 Å². The molecule has 9 heteroatoms. The number of rotatable bonds is 6. The molecule has 0 saturated heterocycles. The Bertz CT molecular complexity index is 643. The van der Waals surface area contributed by atoms with E-state index in [4.69, 9.17) is 4.74 Å². The van der Waals surface area contributed by atoms with Gasteiger partial charge in [-0.25, -0.2) is 4.79 Å². The summed E-state index contributed by atoms with van der Waals surface area (Å²) in [6.07, 6.45) is 6.10. The lowest BCUT2D eigenvalue weighted by Crippen LogP contribution is -2.48. The number of nitrogens with zero attached hydrogens (tertiary/aromatic N) is 4. The van der Waals surface area contributed by atoms with Gasteiger partial charge in [-0.3, -0.25) is 4.99 Å². The van der Waals surface area contributed by atoms with E-state index in [1.165, 1.54) is 0 Å². The topological polar surface area (TPSA) is 105 Å². The molecule has 0 radical (unpaired) electrons. The molecule has 1 saturated carbocycles. The molecule has 1 fully saturated rings. The summed E-state index contributed by atoms with van der Waals surface area (Å²) in [5.41, 5.74) is -0.467. The van der Waals surface area contributed by atoms with E-state index < -0.39 is 5.60 Å². The average molecular weight is 394 g/mol. The van der Waals surface area contributed by atoms with Crippen LogP contribution in [-0.4, -0.2) is 58.1 Å². The first-order valence-corrected chi connectivity index (χ1v) is 10.1. The van der Waals surface area contributed by atoms with Gasteiger partial charge in [-0.1, -0.05) is 6.92 Å². The van der Waals surface area contributed by atoms with Crippen molar-refractivity contribution < 1.29 is 9.53 Å². The third-order valence-electron chi connectivity index (χ3n) is 4.67. The Morgan fingerprint density at radius 1 is 1.25 bits per heavy atom. The second kappa shape index (κ2) is 10.3. The van der Waals surface area contributed by atoms with Crippen molar-refractivity contribution >= 4 is 12.1 Å². The van der Waals surface area contributed by atoms with Crippen LogP contribution in [0, 0.1) is 0 Å². The van der Waals surface area contributed by atoms with E-state index in [1.807, 2.05) is 25.3 Å². The van der Waals surface area contributed by atoms with Crippen LogP contribution in [0.15, 0.2) is 11.3 Å². The number of aryl methyl sites for hydroxylation is 1. The molecule has 28 heavy (non-hydrogen) atoms. The van der Waals surface area contributed by atoms with Crippen molar-refractivity contribution in [1.29, 1.82) is 0 Å². The Hall–Kier alpha value is -2.32. The Kier molecular flexibility index (Phi) is 8.07. The Labute approximate surface area is 167 Å². The predicted molar refractivity (Wildman–Crippen MR) is 109 cm³/mol. The van der Waals surface area contributed by atoms with E-state index >= 15 is 0 Å². The van der Waals surface area contributed by atoms with Gasteiger partial charge in [-0.2, -0.15) is 0 Å². The summed E-state index contributed by atoms with van der Waals surface area (Å²) in [5, 5.41) is 17.8. The minimum atomic E-state index is -0.467. The average Bonchev–Trinajstić information content (AvgIpc) is 3.08. The molecule has 1 amide bonds. The van der Waals surface area contributed by atoms with Crippen molar-refractivity contribution in [2.24, 2.45) is 4.99 Å². The minimum absolute atomic E-state index is 0.170. The Morgan fingerprint density at radius 2 is 1.89 bits per heavy atom. The number of alkyl carbamates (subject to hydrolysis) is 1. The molecule has 1 heterocycles. The zero-order valence-corrected chi connectivity index (χ0v) is 17.8. The third kappa shape index (κ3) is 7.36. The monoisotopic (exact) mass is 393 g/mol. The van der Waals surface area contributed by atoms with E-state index in [0.717, 1.165) is 57.0 Å². The second-order valence-corrected chi connectivity index (χ2v) is 8.13. The summed E-state index contributed by atoms with van der Waals surface area (Å²) in [7, 11) is 1.78. The standard InChI is InChI=1S/C19H35N7O2/c1-6-16-25-22-13-26(16)12-11-21-17(20-5)23-14-7-9-15(10-8-14)24-18(27)28-19(2,3)4/h13-15H,6-12H2,1-5H3,(H,24,27)(H2,20,21,23). The van der Waals surface area contributed by atoms with Crippen molar-refractivity contribution in [3.05, 3.63) is 12.2 Å². The minimum Gasteiger partial charge on any atom is -0.444 e. The van der Waals surface area contributed by atoms with Crippen molar-refractivity contribution in [1.82, 2.24) is 30.7 Å². The largest absolute Gasteiger partial charge is 0.444 e. The van der Waals surface area contributed by atoms with Gasteiger partial charge in [0.1, 0.15) is 17.8 Å². The molecule has 158 valence electrons. The van der Waals surface area contributed by atoms with Gasteiger partial charge in [0.15, 0.2) is 5.96 Å². The fourth-order valence-corrected chi connectivity index (χ4v) is 3.28. The number of hydrogen-bond donors (Lipinski definition) is 3. The highest BCUT2D eigenvalue weighted by atomic mass is 16.6. The second-order valence-electron chi connectivity index (χ2n) is 8.13. The molecule has 9 nitrogen and oxygen atoms in total. The van der Waals surface area contributed by atoms with Crippen LogP contribution in [0.3, 0.4) is 0 Å². The molecule has 1 aromatic rings. The molecule has 1 aliphatic rings. The first kappa shape index (κ1) is 22.0. The van der Waals surface area contributed by atoms with Crippen molar-refractivity contribution in [3.63, 3.8) is 0 Å². The van der Waals surface area contributed by atoms with Gasteiger partial charge in [-0.15, -0.1) is 10.2 Å². The molecule has 0 bridgehead atoms. The number of carbonyl (C=O) groups is 1. The lowest BCUT2D eigenvalue weighted by atomic mass is 9.91. The third-order valence-corrected chi connectivity index (χ3v) is 4.67. The number of carbonyl (C=O) groups excluding carboxylic acids is 1. The summed E-state index contributed by atoms with van der Waals surface area (Å²) in [6.45, 7) is 9.24. The van der Waals surface area contributed by atoms with E-state index in [2.05, 4.69) is 38.1 Å². The molecule has 0 atom stereocenters. The Balaban J connectivity index is 1.68. The molecule has 0 aromatic carbocycles. The molecular formula is C19H35N7O2. The zero-order valence-electron chi connectivity index (χ0n) is 17.8. The molecule has 0 spiro atoms. The predicted octanol–water partition coefficient (Wildman–Crippen LogP) is 1.84. The van der Waals surface area contributed by atoms with E-state index in [9.17, 15) is 4.79 Å². The summed E-state index contributed by atoms with van der Waals surface area (Å²) in [5.74, 6) is 1.79. The van der Waals surface area contributed by atoms with E-state index in [-0.39, 0.29) is 12.1 Å². The summed E-state index contributed by atoms with van der Waals surface area (Å²) < 4.78 is 7.38. The van der Waals surface area contributed by atoms with Gasteiger partial charge >= 0.3 is 6.09 Å². The fourth-order valence-electron chi connectivity index (χ4n) is 3.28. The fraction of sp³-hybridized carbons (Fsp3) is 0.789. The quantitative estimate of drug-likeness (QED) is 0.503. The Morgan fingerprint density at radius 3 is 2.46 bits per heavy atom. The SMILES string of the molecule is CCc1nncn1CCNC(=NC)NC1CCC(NC(=O)OC(C)(C)C)CC1. The summed E-state index contributed by atoms with van der Waals surface area (Å²) >= 11 is 0. The molecule has 0 unspecified atom stereocenters. The van der Waals surface area contributed by atoms with Crippen LogP contribution in [0.2, 0.25) is 0 Å². The lowest BCUT2D eigenvalue weighted by Gasteiger charge is -2.31. The van der Waals surface area contributed by atoms with E-state index in [0.29, 0.717) is 6.04 Å². The van der Waals surface area contributed by atoms with Crippen molar-refractivity contribution in [3.8, 4) is 0 Å². The number of ether oxygens (including phenoxy) is 1. The number of nitrogens with one attached hydrogen (secondary N) is 3. The molecule has 2 rings (SSSR count). The van der Waals surface area contributed by atoms with E-state index in [1.54, 1.807) is 13.4 Å². The van der Waals surface area contributed by atoms with Crippen molar-refractivity contribution in [2.75, 3.05) is 13.6 Å². The van der Waals surface area contributed by atoms with Crippen LogP contribution in [0.5, 0.6) is 0 Å². The number of hydrogen-bond acceptors (Lipinski definition) is 5. The smallest absolute Gasteiger partial charge is 0.407 e. The normalized spacial score (nSPS) is 20.5. The summed E-state index contributed by atoms with van der Waals surface area (Å²) in [4.78, 5) is 16.2. The van der Waals surface area contributed by atoms with Gasteiger partial charge in [0, 0.05) is 38.6 Å². The maximum Gasteiger partial charge on any atom is 0.407 e. The van der Waals surface area contributed by atoms with Crippen LogP contribution in [-0.2, 0) is 17.7 Å². The number of aromatic nitrogens is 3. The first-order valence-electron chi connectivity index (χ1n) is 10.1. The lowest BCUT2D eigenvalue weighted by molar-refractivity contribution is 0.0490. The van der Waals surface area contributed by atoms with Gasteiger partial charge in [0.25, 0.3) is 0 Å². The van der Waals surface area contributed by atoms with Gasteiger partial charge < -0.3 is 25.3 Å². The number of amides is 1. The summed E-state index contributed by atoms with van der Waals surface area (Å²) in [6, 6.07) is 0.521. The van der Waals surface area contributed by atoms with Crippen LogP contribution in [0.1, 0.15) is 59.2 Å². The molecule has 1 aliphatic carbocycles. The highest BCUT2D eigenvalue weighted by Gasteiger charge is 2.25. The van der Waals surface area contributed by atoms with Crippen LogP contribution in [0.4, 0.5) is 4.79 Å². The van der Waals surface area contributed by atoms with Gasteiger partial charge in [0.2, 0.25) is 0 Å². The zero-order chi connectivity index (χ0) is 20.6. The van der Waals surface area contributed by atoms with Gasteiger partial charge in [0.05, 0.1) is 0 Å². The molecule has 3 N–H and O–H groups in total. The molecule has 0 aliphatic heterocycles. The van der Waals surface area contributed by atoms with Crippen LogP contribution < -0.4 is 16.0 Å². The first-order chi connectivity index (χ1) is 13.3. The van der Waals surface area contributed by atoms with Crippen molar-refractivity contribution in [2.45, 2.75) is 84.0 Å². The molecule has 1 aromatic heterocycles. The number of guanidine groups is 1. The number of aliphatic imine (C=N–C) groups is 1. The molecular weight excluding hydrogens is 358 g/mol. The maximum atomic E-state index is 11.9. The van der Waals surface area contributed by atoms with Crippen LogP contribution in [0.25, 0.3) is 0 Å². The highest BCUT2D eigenvalue weighted by Crippen LogP contribution is 2.19. The maximum absolute atomic E-state index is 11.9. The highest BCUT2D eigenvalue weighted by molar-refractivity contribution is 5.79. The van der Waals surface area contributed by atoms with Crippen LogP contribution >= 0.6 is 0 Å².